The van der Waals surface area contributed by atoms with Gasteiger partial charge in [0.2, 0.25) is 0 Å². The standard InChI is InChI=1S/C16H28N2/c1-12(2)18-7-5-16(6-8-18)17-11-15-10-13-3-4-14(15)9-13/h3-4,12-17H,5-11H2,1-2H3. The lowest BCUT2D eigenvalue weighted by Gasteiger charge is -2.35. The van der Waals surface area contributed by atoms with Crippen LogP contribution in [0.4, 0.5) is 0 Å². The van der Waals surface area contributed by atoms with E-state index in [0.717, 1.165) is 29.8 Å². The SMILES string of the molecule is CC(C)N1CCC(NCC2CC3C=CC2C3)CC1. The Labute approximate surface area is 112 Å². The molecule has 3 unspecified atom stereocenters. The van der Waals surface area contributed by atoms with Crippen molar-refractivity contribution in [3.05, 3.63) is 12.2 Å². The molecule has 3 aliphatic rings. The fourth-order valence-corrected chi connectivity index (χ4v) is 4.07. The minimum absolute atomic E-state index is 0.724. The van der Waals surface area contributed by atoms with Gasteiger partial charge in [0.15, 0.2) is 0 Å². The first-order chi connectivity index (χ1) is 8.72. The Morgan fingerprint density at radius 2 is 1.94 bits per heavy atom. The number of fused-ring (bicyclic) bond motifs is 2. The van der Waals surface area contributed by atoms with Gasteiger partial charge in [-0.15, -0.1) is 0 Å². The highest BCUT2D eigenvalue weighted by molar-refractivity contribution is 5.10. The summed E-state index contributed by atoms with van der Waals surface area (Å²) >= 11 is 0. The number of allylic oxidation sites excluding steroid dienone is 2. The van der Waals surface area contributed by atoms with Crippen LogP contribution in [0.15, 0.2) is 12.2 Å². The lowest BCUT2D eigenvalue weighted by atomic mass is 9.93. The minimum Gasteiger partial charge on any atom is -0.314 e. The highest BCUT2D eigenvalue weighted by Crippen LogP contribution is 2.43. The zero-order valence-corrected chi connectivity index (χ0v) is 11.9. The molecule has 1 aliphatic heterocycles. The maximum atomic E-state index is 3.85. The fourth-order valence-electron chi connectivity index (χ4n) is 4.07. The number of piperidine rings is 1. The molecule has 2 heteroatoms. The van der Waals surface area contributed by atoms with Gasteiger partial charge in [0.25, 0.3) is 0 Å². The second-order valence-corrected chi connectivity index (χ2v) is 6.85. The van der Waals surface area contributed by atoms with E-state index in [1.807, 2.05) is 0 Å². The average molecular weight is 248 g/mol. The fraction of sp³-hybridized carbons (Fsp3) is 0.875. The van der Waals surface area contributed by atoms with Gasteiger partial charge in [0.05, 0.1) is 0 Å². The van der Waals surface area contributed by atoms with Crippen molar-refractivity contribution in [2.75, 3.05) is 19.6 Å². The van der Waals surface area contributed by atoms with E-state index < -0.39 is 0 Å². The van der Waals surface area contributed by atoms with Crippen molar-refractivity contribution >= 4 is 0 Å². The quantitative estimate of drug-likeness (QED) is 0.770. The Balaban J connectivity index is 1.39. The van der Waals surface area contributed by atoms with Crippen LogP contribution in [0.1, 0.15) is 39.5 Å². The van der Waals surface area contributed by atoms with Crippen molar-refractivity contribution in [2.24, 2.45) is 17.8 Å². The summed E-state index contributed by atoms with van der Waals surface area (Å²) in [7, 11) is 0. The normalized spacial score (nSPS) is 36.9. The van der Waals surface area contributed by atoms with Crippen LogP contribution in [0.2, 0.25) is 0 Å². The van der Waals surface area contributed by atoms with Crippen molar-refractivity contribution in [1.82, 2.24) is 10.2 Å². The number of nitrogens with one attached hydrogen (secondary N) is 1. The Morgan fingerprint density at radius 1 is 1.17 bits per heavy atom. The summed E-state index contributed by atoms with van der Waals surface area (Å²) in [6.07, 6.45) is 10.5. The van der Waals surface area contributed by atoms with Crippen LogP contribution < -0.4 is 5.32 Å². The summed E-state index contributed by atoms with van der Waals surface area (Å²) in [4.78, 5) is 2.61. The molecule has 1 heterocycles. The van der Waals surface area contributed by atoms with Gasteiger partial charge in [0, 0.05) is 12.1 Å². The van der Waals surface area contributed by atoms with Gasteiger partial charge in [-0.1, -0.05) is 12.2 Å². The molecule has 2 bridgehead atoms. The first-order valence-corrected chi connectivity index (χ1v) is 7.88. The highest BCUT2D eigenvalue weighted by Gasteiger charge is 2.35. The molecule has 0 aromatic heterocycles. The van der Waals surface area contributed by atoms with Gasteiger partial charge in [-0.2, -0.15) is 0 Å². The van der Waals surface area contributed by atoms with Crippen LogP contribution in [0.25, 0.3) is 0 Å². The predicted molar refractivity (Wildman–Crippen MR) is 76.6 cm³/mol. The summed E-state index contributed by atoms with van der Waals surface area (Å²) in [5, 5.41) is 3.85. The Kier molecular flexibility index (Phi) is 3.76. The molecular formula is C16H28N2. The van der Waals surface area contributed by atoms with E-state index in [-0.39, 0.29) is 0 Å². The molecule has 0 amide bonds. The van der Waals surface area contributed by atoms with Gasteiger partial charge < -0.3 is 10.2 Å². The largest absolute Gasteiger partial charge is 0.314 e. The third-order valence-corrected chi connectivity index (χ3v) is 5.34. The van der Waals surface area contributed by atoms with Crippen molar-refractivity contribution in [3.8, 4) is 0 Å². The topological polar surface area (TPSA) is 15.3 Å². The smallest absolute Gasteiger partial charge is 0.00915 e. The third kappa shape index (κ3) is 2.65. The van der Waals surface area contributed by atoms with Crippen LogP contribution in [0.3, 0.4) is 0 Å². The van der Waals surface area contributed by atoms with Gasteiger partial charge in [0.1, 0.15) is 0 Å². The maximum absolute atomic E-state index is 3.85. The predicted octanol–water partition coefficient (Wildman–Crippen LogP) is 2.66. The average Bonchev–Trinajstić information content (AvgIpc) is 2.99. The summed E-state index contributed by atoms with van der Waals surface area (Å²) in [6.45, 7) is 8.46. The van der Waals surface area contributed by atoms with Crippen molar-refractivity contribution in [3.63, 3.8) is 0 Å². The summed E-state index contributed by atoms with van der Waals surface area (Å²) < 4.78 is 0. The van der Waals surface area contributed by atoms with E-state index in [4.69, 9.17) is 0 Å². The molecule has 2 aliphatic carbocycles. The molecule has 1 saturated heterocycles. The molecule has 102 valence electrons. The summed E-state index contributed by atoms with van der Waals surface area (Å²) in [5.41, 5.74) is 0. The Morgan fingerprint density at radius 3 is 2.50 bits per heavy atom. The van der Waals surface area contributed by atoms with Crippen molar-refractivity contribution < 1.29 is 0 Å². The van der Waals surface area contributed by atoms with E-state index in [1.54, 1.807) is 0 Å². The van der Waals surface area contributed by atoms with Crippen LogP contribution >= 0.6 is 0 Å². The molecule has 0 spiro atoms. The first kappa shape index (κ1) is 12.7. The van der Waals surface area contributed by atoms with Crippen LogP contribution in [-0.2, 0) is 0 Å². The molecule has 1 N–H and O–H groups in total. The van der Waals surface area contributed by atoms with Crippen LogP contribution in [-0.4, -0.2) is 36.6 Å². The minimum atomic E-state index is 0.724. The van der Waals surface area contributed by atoms with E-state index >= 15 is 0 Å². The first-order valence-electron chi connectivity index (χ1n) is 7.88. The number of rotatable bonds is 4. The van der Waals surface area contributed by atoms with Crippen molar-refractivity contribution in [2.45, 2.75) is 51.6 Å². The van der Waals surface area contributed by atoms with E-state index in [0.29, 0.717) is 0 Å². The van der Waals surface area contributed by atoms with E-state index in [1.165, 1.54) is 45.3 Å². The monoisotopic (exact) mass is 248 g/mol. The molecule has 0 aromatic rings. The zero-order chi connectivity index (χ0) is 12.5. The maximum Gasteiger partial charge on any atom is 0.00915 e. The molecule has 3 rings (SSSR count). The number of hydrogen-bond donors (Lipinski definition) is 1. The van der Waals surface area contributed by atoms with Gasteiger partial charge in [-0.25, -0.2) is 0 Å². The van der Waals surface area contributed by atoms with E-state index in [9.17, 15) is 0 Å². The highest BCUT2D eigenvalue weighted by atomic mass is 15.2. The van der Waals surface area contributed by atoms with Gasteiger partial charge in [-0.05, 0) is 76.9 Å². The number of likely N-dealkylation sites (tertiary alicyclic amines) is 1. The molecule has 0 radical (unpaired) electrons. The molecular weight excluding hydrogens is 220 g/mol. The zero-order valence-electron chi connectivity index (χ0n) is 11.9. The molecule has 0 aromatic carbocycles. The summed E-state index contributed by atoms with van der Waals surface area (Å²) in [6, 6.07) is 1.50. The lowest BCUT2D eigenvalue weighted by Crippen LogP contribution is -2.46. The van der Waals surface area contributed by atoms with Crippen molar-refractivity contribution in [1.29, 1.82) is 0 Å². The molecule has 2 fully saturated rings. The molecule has 2 nitrogen and oxygen atoms in total. The molecule has 18 heavy (non-hydrogen) atoms. The molecule has 3 atom stereocenters. The Hall–Kier alpha value is -0.340. The van der Waals surface area contributed by atoms with Crippen LogP contribution in [0, 0.1) is 17.8 Å². The second-order valence-electron chi connectivity index (χ2n) is 6.85. The molecule has 1 saturated carbocycles. The van der Waals surface area contributed by atoms with Gasteiger partial charge in [-0.3, -0.25) is 0 Å². The number of hydrogen-bond acceptors (Lipinski definition) is 2. The second kappa shape index (κ2) is 5.34. The lowest BCUT2D eigenvalue weighted by molar-refractivity contribution is 0.158. The van der Waals surface area contributed by atoms with E-state index in [2.05, 4.69) is 36.2 Å². The number of nitrogens with zero attached hydrogens (tertiary/aromatic N) is 1. The Bertz CT molecular complexity index is 302. The third-order valence-electron chi connectivity index (χ3n) is 5.34. The summed E-state index contributed by atoms with van der Waals surface area (Å²) in [5.74, 6) is 2.76. The van der Waals surface area contributed by atoms with Gasteiger partial charge >= 0.3 is 0 Å². The van der Waals surface area contributed by atoms with Crippen LogP contribution in [0.5, 0.6) is 0 Å².